The van der Waals surface area contributed by atoms with Crippen molar-refractivity contribution in [2.45, 2.75) is 32.6 Å². The second-order valence-electron chi connectivity index (χ2n) is 3.68. The smallest absolute Gasteiger partial charge is 0.225 e. The molecular formula is C11H17NO. The van der Waals surface area contributed by atoms with Crippen LogP contribution in [0.25, 0.3) is 0 Å². The third-order valence-corrected chi connectivity index (χ3v) is 2.55. The molecule has 72 valence electrons. The number of terminal acetylenes is 1. The van der Waals surface area contributed by atoms with Crippen LogP contribution < -0.4 is 0 Å². The Hall–Kier alpha value is -0.970. The minimum Gasteiger partial charge on any atom is -0.342 e. The zero-order valence-corrected chi connectivity index (χ0v) is 8.25. The number of nitrogens with zero attached hydrogens (tertiary/aromatic N) is 1. The first-order chi connectivity index (χ1) is 6.25. The number of carbonyl (C=O) groups excluding carboxylic acids is 1. The summed E-state index contributed by atoms with van der Waals surface area (Å²) in [5.41, 5.74) is 0. The van der Waals surface area contributed by atoms with E-state index < -0.39 is 0 Å². The van der Waals surface area contributed by atoms with Crippen LogP contribution in [0.4, 0.5) is 0 Å². The highest BCUT2D eigenvalue weighted by atomic mass is 16.2. The summed E-state index contributed by atoms with van der Waals surface area (Å²) in [7, 11) is 0. The van der Waals surface area contributed by atoms with Crippen LogP contribution in [0.2, 0.25) is 0 Å². The van der Waals surface area contributed by atoms with Gasteiger partial charge in [0.25, 0.3) is 0 Å². The van der Waals surface area contributed by atoms with E-state index in [1.807, 2.05) is 11.8 Å². The molecule has 1 aliphatic rings. The molecule has 1 unspecified atom stereocenters. The monoisotopic (exact) mass is 179 g/mol. The Balaban J connectivity index is 2.32. The third-order valence-electron chi connectivity index (χ3n) is 2.55. The van der Waals surface area contributed by atoms with Gasteiger partial charge in [0.05, 0.1) is 0 Å². The quantitative estimate of drug-likeness (QED) is 0.476. The summed E-state index contributed by atoms with van der Waals surface area (Å²) in [5.74, 6) is 3.13. The number of amides is 1. The Morgan fingerprint density at radius 3 is 3.15 bits per heavy atom. The number of carbonyl (C=O) groups is 1. The van der Waals surface area contributed by atoms with Gasteiger partial charge in [-0.25, -0.2) is 0 Å². The standard InChI is InChI=1S/C11H17NO/c1-3-4-5-8-12-9-6-7-10(2)11(12)13/h1,10H,4-9H2,2H3. The van der Waals surface area contributed by atoms with Crippen LogP contribution in [0.1, 0.15) is 32.6 Å². The summed E-state index contributed by atoms with van der Waals surface area (Å²) < 4.78 is 0. The van der Waals surface area contributed by atoms with Crippen molar-refractivity contribution in [2.24, 2.45) is 5.92 Å². The molecule has 0 aromatic rings. The van der Waals surface area contributed by atoms with Crippen molar-refractivity contribution < 1.29 is 4.79 Å². The molecule has 1 rings (SSSR count). The number of likely N-dealkylation sites (tertiary alicyclic amines) is 1. The normalized spacial score (nSPS) is 22.9. The van der Waals surface area contributed by atoms with Crippen molar-refractivity contribution in [3.63, 3.8) is 0 Å². The average Bonchev–Trinajstić information content (AvgIpc) is 2.13. The molecule has 0 spiro atoms. The van der Waals surface area contributed by atoms with Gasteiger partial charge in [0.1, 0.15) is 0 Å². The van der Waals surface area contributed by atoms with E-state index in [1.165, 1.54) is 0 Å². The number of unbranched alkanes of at least 4 members (excludes halogenated alkanes) is 1. The average molecular weight is 179 g/mol. The van der Waals surface area contributed by atoms with Crippen molar-refractivity contribution in [1.82, 2.24) is 4.90 Å². The van der Waals surface area contributed by atoms with E-state index in [-0.39, 0.29) is 5.92 Å². The minimum atomic E-state index is 0.222. The molecule has 1 amide bonds. The number of hydrogen-bond donors (Lipinski definition) is 0. The lowest BCUT2D eigenvalue weighted by Gasteiger charge is -2.30. The summed E-state index contributed by atoms with van der Waals surface area (Å²) in [6.07, 6.45) is 9.06. The molecule has 0 N–H and O–H groups in total. The summed E-state index contributed by atoms with van der Waals surface area (Å²) in [6, 6.07) is 0. The molecule has 1 aliphatic heterocycles. The number of piperidine rings is 1. The summed E-state index contributed by atoms with van der Waals surface area (Å²) in [4.78, 5) is 13.5. The predicted molar refractivity (Wildman–Crippen MR) is 53.0 cm³/mol. The lowest BCUT2D eigenvalue weighted by molar-refractivity contribution is -0.137. The van der Waals surface area contributed by atoms with E-state index in [0.29, 0.717) is 5.91 Å². The van der Waals surface area contributed by atoms with Gasteiger partial charge in [0.15, 0.2) is 0 Å². The van der Waals surface area contributed by atoms with Crippen LogP contribution >= 0.6 is 0 Å². The van der Waals surface area contributed by atoms with Crippen LogP contribution in [-0.4, -0.2) is 23.9 Å². The van der Waals surface area contributed by atoms with E-state index in [2.05, 4.69) is 5.92 Å². The fraction of sp³-hybridized carbons (Fsp3) is 0.727. The van der Waals surface area contributed by atoms with E-state index in [9.17, 15) is 4.79 Å². The summed E-state index contributed by atoms with van der Waals surface area (Å²) in [5, 5.41) is 0. The summed E-state index contributed by atoms with van der Waals surface area (Å²) in [6.45, 7) is 3.77. The zero-order valence-electron chi connectivity index (χ0n) is 8.25. The minimum absolute atomic E-state index is 0.222. The molecule has 0 bridgehead atoms. The third kappa shape index (κ3) is 2.77. The molecule has 0 aromatic carbocycles. The Morgan fingerprint density at radius 1 is 1.69 bits per heavy atom. The maximum atomic E-state index is 11.6. The lowest BCUT2D eigenvalue weighted by atomic mass is 9.99. The molecular weight excluding hydrogens is 162 g/mol. The highest BCUT2D eigenvalue weighted by Crippen LogP contribution is 2.17. The number of hydrogen-bond acceptors (Lipinski definition) is 1. The number of rotatable bonds is 3. The van der Waals surface area contributed by atoms with Crippen LogP contribution in [0.15, 0.2) is 0 Å². The molecule has 2 nitrogen and oxygen atoms in total. The topological polar surface area (TPSA) is 20.3 Å². The zero-order chi connectivity index (χ0) is 9.68. The van der Waals surface area contributed by atoms with E-state index in [1.54, 1.807) is 0 Å². The maximum Gasteiger partial charge on any atom is 0.225 e. The van der Waals surface area contributed by atoms with Gasteiger partial charge < -0.3 is 4.90 Å². The second-order valence-corrected chi connectivity index (χ2v) is 3.68. The van der Waals surface area contributed by atoms with Crippen LogP contribution in [0.3, 0.4) is 0 Å². The Bertz CT molecular complexity index is 217. The molecule has 2 heteroatoms. The molecule has 1 fully saturated rings. The maximum absolute atomic E-state index is 11.6. The van der Waals surface area contributed by atoms with Gasteiger partial charge >= 0.3 is 0 Å². The van der Waals surface area contributed by atoms with Gasteiger partial charge in [0, 0.05) is 25.4 Å². The summed E-state index contributed by atoms with van der Waals surface area (Å²) >= 11 is 0. The molecule has 0 aromatic heterocycles. The van der Waals surface area contributed by atoms with Crippen molar-refractivity contribution in [3.05, 3.63) is 0 Å². The lowest BCUT2D eigenvalue weighted by Crippen LogP contribution is -2.40. The van der Waals surface area contributed by atoms with Crippen LogP contribution in [0, 0.1) is 18.3 Å². The molecule has 0 aliphatic carbocycles. The Labute approximate surface area is 80.3 Å². The van der Waals surface area contributed by atoms with Gasteiger partial charge in [-0.05, 0) is 19.3 Å². The SMILES string of the molecule is C#CCCCN1CCCC(C)C1=O. The van der Waals surface area contributed by atoms with Crippen LogP contribution in [-0.2, 0) is 4.79 Å². The van der Waals surface area contributed by atoms with Gasteiger partial charge in [-0.2, -0.15) is 0 Å². The fourth-order valence-corrected chi connectivity index (χ4v) is 1.73. The second kappa shape index (κ2) is 4.91. The first kappa shape index (κ1) is 10.1. The Kier molecular flexibility index (Phi) is 3.82. The van der Waals surface area contributed by atoms with Crippen molar-refractivity contribution in [3.8, 4) is 12.3 Å². The van der Waals surface area contributed by atoms with Gasteiger partial charge in [-0.15, -0.1) is 12.3 Å². The van der Waals surface area contributed by atoms with Crippen molar-refractivity contribution >= 4 is 5.91 Å². The van der Waals surface area contributed by atoms with E-state index in [0.717, 1.165) is 38.8 Å². The molecule has 1 heterocycles. The largest absolute Gasteiger partial charge is 0.342 e. The highest BCUT2D eigenvalue weighted by molar-refractivity contribution is 5.79. The Morgan fingerprint density at radius 2 is 2.46 bits per heavy atom. The molecule has 0 radical (unpaired) electrons. The van der Waals surface area contributed by atoms with Crippen molar-refractivity contribution in [2.75, 3.05) is 13.1 Å². The van der Waals surface area contributed by atoms with E-state index in [4.69, 9.17) is 6.42 Å². The first-order valence-corrected chi connectivity index (χ1v) is 4.98. The van der Waals surface area contributed by atoms with E-state index >= 15 is 0 Å². The van der Waals surface area contributed by atoms with Gasteiger partial charge in [0.2, 0.25) is 5.91 Å². The first-order valence-electron chi connectivity index (χ1n) is 4.98. The predicted octanol–water partition coefficient (Wildman–Crippen LogP) is 1.66. The molecule has 1 atom stereocenters. The van der Waals surface area contributed by atoms with Gasteiger partial charge in [-0.3, -0.25) is 4.79 Å². The van der Waals surface area contributed by atoms with Gasteiger partial charge in [-0.1, -0.05) is 6.92 Å². The highest BCUT2D eigenvalue weighted by Gasteiger charge is 2.23. The molecule has 1 saturated heterocycles. The molecule has 0 saturated carbocycles. The van der Waals surface area contributed by atoms with Crippen molar-refractivity contribution in [1.29, 1.82) is 0 Å². The van der Waals surface area contributed by atoms with Crippen LogP contribution in [0.5, 0.6) is 0 Å². The fourth-order valence-electron chi connectivity index (χ4n) is 1.73. The molecule has 13 heavy (non-hydrogen) atoms.